The summed E-state index contributed by atoms with van der Waals surface area (Å²) in [6, 6.07) is 3.85. The van der Waals surface area contributed by atoms with Gasteiger partial charge in [-0.25, -0.2) is 9.97 Å². The molecule has 0 radical (unpaired) electrons. The zero-order valence-corrected chi connectivity index (χ0v) is 17.2. The Labute approximate surface area is 171 Å². The van der Waals surface area contributed by atoms with Crippen LogP contribution in [0.4, 0.5) is 11.6 Å². The van der Waals surface area contributed by atoms with Crippen molar-refractivity contribution in [3.8, 4) is 0 Å². The molecule has 0 saturated carbocycles. The zero-order valence-electron chi connectivity index (χ0n) is 17.2. The lowest BCUT2D eigenvalue weighted by Crippen LogP contribution is -2.49. The summed E-state index contributed by atoms with van der Waals surface area (Å²) in [6.45, 7) is 8.48. The normalized spacial score (nSPS) is 20.2. The molecule has 2 fully saturated rings. The second-order valence-corrected chi connectivity index (χ2v) is 7.98. The van der Waals surface area contributed by atoms with Crippen LogP contribution in [0.1, 0.15) is 34.7 Å². The molecule has 2 aromatic rings. The number of rotatable bonds is 4. The average molecular weight is 399 g/mol. The molecule has 2 aliphatic heterocycles. The van der Waals surface area contributed by atoms with Crippen molar-refractivity contribution >= 4 is 17.5 Å². The lowest BCUT2D eigenvalue weighted by Gasteiger charge is -2.36. The number of hydrogen-bond donors (Lipinski definition) is 1. The Morgan fingerprint density at radius 1 is 1.10 bits per heavy atom. The minimum Gasteiger partial charge on any atom is -0.466 e. The van der Waals surface area contributed by atoms with Gasteiger partial charge in [0, 0.05) is 51.9 Å². The average Bonchev–Trinajstić information content (AvgIpc) is 3.11. The highest BCUT2D eigenvalue weighted by Crippen LogP contribution is 2.25. The second kappa shape index (κ2) is 8.41. The summed E-state index contributed by atoms with van der Waals surface area (Å²) in [5.41, 5.74) is 0.656. The van der Waals surface area contributed by atoms with E-state index in [-0.39, 0.29) is 12.5 Å². The fraction of sp³-hybridized carbons (Fsp3) is 0.571. The lowest BCUT2D eigenvalue weighted by atomic mass is 9.99. The summed E-state index contributed by atoms with van der Waals surface area (Å²) in [5.74, 6) is 3.59. The van der Waals surface area contributed by atoms with Crippen LogP contribution in [0, 0.1) is 19.8 Å². The largest absolute Gasteiger partial charge is 0.466 e. The van der Waals surface area contributed by atoms with Gasteiger partial charge in [-0.05, 0) is 38.7 Å². The van der Waals surface area contributed by atoms with Crippen LogP contribution >= 0.6 is 0 Å². The molecule has 29 heavy (non-hydrogen) atoms. The first-order valence-corrected chi connectivity index (χ1v) is 10.3. The first kappa shape index (κ1) is 19.7. The smallest absolute Gasteiger partial charge is 0.257 e. The topological polar surface area (TPSA) is 85.9 Å². The fourth-order valence-electron chi connectivity index (χ4n) is 4.26. The highest BCUT2D eigenvalue weighted by molar-refractivity contribution is 5.95. The van der Waals surface area contributed by atoms with Crippen LogP contribution in [0.2, 0.25) is 0 Å². The number of furan rings is 1. The number of piperidine rings is 1. The molecular weight excluding hydrogens is 370 g/mol. The number of anilines is 2. The third kappa shape index (κ3) is 4.22. The summed E-state index contributed by atoms with van der Waals surface area (Å²) in [7, 11) is 0. The Bertz CT molecular complexity index is 860. The number of nitrogens with zero attached hydrogens (tertiary/aromatic N) is 5. The number of carbonyl (C=O) groups excluding carboxylic acids is 1. The predicted molar refractivity (Wildman–Crippen MR) is 110 cm³/mol. The Kier molecular flexibility index (Phi) is 5.71. The van der Waals surface area contributed by atoms with Gasteiger partial charge in [0.15, 0.2) is 0 Å². The van der Waals surface area contributed by atoms with Crippen LogP contribution in [-0.4, -0.2) is 71.8 Å². The van der Waals surface area contributed by atoms with E-state index >= 15 is 0 Å². The van der Waals surface area contributed by atoms with Crippen LogP contribution in [0.15, 0.2) is 22.9 Å². The van der Waals surface area contributed by atoms with Gasteiger partial charge in [-0.1, -0.05) is 0 Å². The molecule has 8 heteroatoms. The summed E-state index contributed by atoms with van der Waals surface area (Å²) < 4.78 is 5.51. The third-order valence-electron chi connectivity index (χ3n) is 5.90. The molecule has 8 nitrogen and oxygen atoms in total. The minimum absolute atomic E-state index is 0.0331. The van der Waals surface area contributed by atoms with Crippen LogP contribution < -0.4 is 9.80 Å². The maximum absolute atomic E-state index is 12.8. The minimum atomic E-state index is 0.0331. The summed E-state index contributed by atoms with van der Waals surface area (Å²) in [5, 5.41) is 9.48. The Morgan fingerprint density at radius 2 is 1.83 bits per heavy atom. The van der Waals surface area contributed by atoms with Crippen molar-refractivity contribution in [2.24, 2.45) is 5.92 Å². The van der Waals surface area contributed by atoms with Crippen molar-refractivity contribution in [1.29, 1.82) is 0 Å². The van der Waals surface area contributed by atoms with Crippen molar-refractivity contribution in [3.63, 3.8) is 0 Å². The summed E-state index contributed by atoms with van der Waals surface area (Å²) >= 11 is 0. The first-order valence-electron chi connectivity index (χ1n) is 10.3. The van der Waals surface area contributed by atoms with Crippen LogP contribution in [0.25, 0.3) is 0 Å². The highest BCUT2D eigenvalue weighted by atomic mass is 16.3. The molecule has 0 spiro atoms. The number of piperazine rings is 1. The molecule has 4 heterocycles. The number of aliphatic hydroxyl groups excluding tert-OH is 1. The molecule has 156 valence electrons. The van der Waals surface area contributed by atoms with Crippen LogP contribution in [0.3, 0.4) is 0 Å². The van der Waals surface area contributed by atoms with Gasteiger partial charge in [-0.15, -0.1) is 0 Å². The van der Waals surface area contributed by atoms with Crippen molar-refractivity contribution in [2.75, 3.05) is 55.7 Å². The van der Waals surface area contributed by atoms with E-state index < -0.39 is 0 Å². The van der Waals surface area contributed by atoms with Gasteiger partial charge in [0.25, 0.3) is 5.91 Å². The maximum Gasteiger partial charge on any atom is 0.257 e. The van der Waals surface area contributed by atoms with E-state index in [2.05, 4.69) is 19.8 Å². The van der Waals surface area contributed by atoms with E-state index in [4.69, 9.17) is 4.42 Å². The number of aromatic nitrogens is 2. The van der Waals surface area contributed by atoms with E-state index in [1.165, 1.54) is 0 Å². The zero-order chi connectivity index (χ0) is 20.4. The Balaban J connectivity index is 1.40. The van der Waals surface area contributed by atoms with Gasteiger partial charge >= 0.3 is 0 Å². The maximum atomic E-state index is 12.8. The SMILES string of the molecule is Cc1cc(C(=O)N2CCN(c3cc(N4CCCC(CO)C4)ncn3)CC2)c(C)o1. The molecule has 2 aliphatic rings. The van der Waals surface area contributed by atoms with E-state index in [1.807, 2.05) is 30.9 Å². The summed E-state index contributed by atoms with van der Waals surface area (Å²) in [6.07, 6.45) is 3.75. The summed E-state index contributed by atoms with van der Waals surface area (Å²) in [4.78, 5) is 28.0. The molecule has 4 rings (SSSR count). The van der Waals surface area contributed by atoms with Gasteiger partial charge in [-0.2, -0.15) is 0 Å². The lowest BCUT2D eigenvalue weighted by molar-refractivity contribution is 0.0744. The van der Waals surface area contributed by atoms with Crippen molar-refractivity contribution in [2.45, 2.75) is 26.7 Å². The molecule has 1 unspecified atom stereocenters. The van der Waals surface area contributed by atoms with Gasteiger partial charge in [0.1, 0.15) is 29.5 Å². The van der Waals surface area contributed by atoms with E-state index in [0.29, 0.717) is 30.3 Å². The predicted octanol–water partition coefficient (Wildman–Crippen LogP) is 1.86. The molecule has 2 aromatic heterocycles. The number of hydrogen-bond acceptors (Lipinski definition) is 7. The quantitative estimate of drug-likeness (QED) is 0.840. The molecule has 1 amide bonds. The molecule has 1 atom stereocenters. The van der Waals surface area contributed by atoms with E-state index in [9.17, 15) is 9.90 Å². The standard InChI is InChI=1S/C21H29N5O3/c1-15-10-18(16(2)29-15)21(28)25-8-6-24(7-9-25)19-11-20(23-14-22-19)26-5-3-4-17(12-26)13-27/h10-11,14,17,27H,3-9,12-13H2,1-2H3. The van der Waals surface area contributed by atoms with Crippen molar-refractivity contribution in [1.82, 2.24) is 14.9 Å². The van der Waals surface area contributed by atoms with E-state index in [1.54, 1.807) is 6.33 Å². The molecular formula is C21H29N5O3. The molecule has 1 N–H and O–H groups in total. The number of aliphatic hydroxyl groups is 1. The molecule has 2 saturated heterocycles. The van der Waals surface area contributed by atoms with Gasteiger partial charge in [-0.3, -0.25) is 4.79 Å². The van der Waals surface area contributed by atoms with Crippen molar-refractivity contribution in [3.05, 3.63) is 35.5 Å². The number of carbonyl (C=O) groups is 1. The molecule has 0 bridgehead atoms. The molecule has 0 aliphatic carbocycles. The third-order valence-corrected chi connectivity index (χ3v) is 5.90. The monoisotopic (exact) mass is 399 g/mol. The van der Waals surface area contributed by atoms with Crippen LogP contribution in [-0.2, 0) is 0 Å². The van der Waals surface area contributed by atoms with Gasteiger partial charge in [0.05, 0.1) is 5.56 Å². The van der Waals surface area contributed by atoms with Gasteiger partial charge < -0.3 is 24.2 Å². The van der Waals surface area contributed by atoms with Crippen LogP contribution in [0.5, 0.6) is 0 Å². The number of amides is 1. The van der Waals surface area contributed by atoms with Crippen molar-refractivity contribution < 1.29 is 14.3 Å². The highest BCUT2D eigenvalue weighted by Gasteiger charge is 2.26. The Hall–Kier alpha value is -2.61. The number of aryl methyl sites for hydroxylation is 2. The Morgan fingerprint density at radius 3 is 2.48 bits per heavy atom. The molecule has 0 aromatic carbocycles. The first-order chi connectivity index (χ1) is 14.0. The fourth-order valence-corrected chi connectivity index (χ4v) is 4.26. The second-order valence-electron chi connectivity index (χ2n) is 7.98. The van der Waals surface area contributed by atoms with E-state index in [0.717, 1.165) is 56.4 Å². The van der Waals surface area contributed by atoms with Gasteiger partial charge in [0.2, 0.25) is 0 Å².